The van der Waals surface area contributed by atoms with Crippen molar-refractivity contribution in [3.05, 3.63) is 77.8 Å². The van der Waals surface area contributed by atoms with E-state index in [1.807, 2.05) is 0 Å². The lowest BCUT2D eigenvalue weighted by molar-refractivity contribution is 0.791. The number of para-hydroxylation sites is 1. The number of benzene rings is 2. The van der Waals surface area contributed by atoms with E-state index in [1.165, 1.54) is 22.9 Å². The standard InChI is InChI=1S/C20H22N2.ClH/c1-2-3-14-21-19-13-15-22(16-17-9-5-4-6-10-17)20-12-8-7-11-18(19)20;/h4-13,15H,2-3,14,16H2,1H3;1H. The molecule has 2 nitrogen and oxygen atoms in total. The van der Waals surface area contributed by atoms with Gasteiger partial charge in [-0.25, -0.2) is 0 Å². The fourth-order valence-corrected chi connectivity index (χ4v) is 2.68. The first-order valence-corrected chi connectivity index (χ1v) is 8.01. The molecule has 0 fully saturated rings. The lowest BCUT2D eigenvalue weighted by atomic mass is 10.1. The van der Waals surface area contributed by atoms with Crippen LogP contribution in [0.25, 0.3) is 10.9 Å². The molecule has 0 aliphatic heterocycles. The molecule has 0 N–H and O–H groups in total. The highest BCUT2D eigenvalue weighted by molar-refractivity contribution is 5.85. The fourth-order valence-electron chi connectivity index (χ4n) is 2.68. The molecule has 0 bridgehead atoms. The van der Waals surface area contributed by atoms with Crippen LogP contribution in [0.15, 0.2) is 71.9 Å². The summed E-state index contributed by atoms with van der Waals surface area (Å²) in [6, 6.07) is 21.2. The van der Waals surface area contributed by atoms with Gasteiger partial charge < -0.3 is 4.57 Å². The maximum absolute atomic E-state index is 4.76. The Morgan fingerprint density at radius 1 is 0.913 bits per heavy atom. The highest BCUT2D eigenvalue weighted by Crippen LogP contribution is 2.12. The van der Waals surface area contributed by atoms with Gasteiger partial charge in [-0.15, -0.1) is 12.4 Å². The van der Waals surface area contributed by atoms with Crippen LogP contribution in [0.2, 0.25) is 0 Å². The van der Waals surface area contributed by atoms with E-state index in [0.29, 0.717) is 0 Å². The Kier molecular flexibility index (Phi) is 6.42. The molecule has 120 valence electrons. The van der Waals surface area contributed by atoms with Crippen molar-refractivity contribution in [2.24, 2.45) is 4.99 Å². The average molecular weight is 327 g/mol. The molecule has 1 heterocycles. The van der Waals surface area contributed by atoms with E-state index in [2.05, 4.69) is 78.4 Å². The Morgan fingerprint density at radius 3 is 2.43 bits per heavy atom. The number of rotatable bonds is 5. The number of unbranched alkanes of at least 4 members (excludes halogenated alkanes) is 1. The Labute approximate surface area is 143 Å². The zero-order valence-electron chi connectivity index (χ0n) is 13.5. The van der Waals surface area contributed by atoms with E-state index in [0.717, 1.165) is 24.9 Å². The van der Waals surface area contributed by atoms with Crippen molar-refractivity contribution < 1.29 is 0 Å². The van der Waals surface area contributed by atoms with Crippen LogP contribution in [0.5, 0.6) is 0 Å². The zero-order chi connectivity index (χ0) is 15.2. The summed E-state index contributed by atoms with van der Waals surface area (Å²) in [7, 11) is 0. The van der Waals surface area contributed by atoms with Crippen molar-refractivity contribution in [2.45, 2.75) is 26.3 Å². The van der Waals surface area contributed by atoms with Gasteiger partial charge in [0.05, 0.1) is 10.9 Å². The second kappa shape index (κ2) is 8.54. The summed E-state index contributed by atoms with van der Waals surface area (Å²) < 4.78 is 2.30. The van der Waals surface area contributed by atoms with Crippen LogP contribution in [-0.4, -0.2) is 11.1 Å². The van der Waals surface area contributed by atoms with Crippen molar-refractivity contribution in [1.29, 1.82) is 0 Å². The smallest absolute Gasteiger partial charge is 0.0682 e. The number of hydrogen-bond acceptors (Lipinski definition) is 1. The molecule has 0 spiro atoms. The largest absolute Gasteiger partial charge is 0.343 e. The van der Waals surface area contributed by atoms with Crippen LogP contribution >= 0.6 is 12.4 Å². The monoisotopic (exact) mass is 326 g/mol. The van der Waals surface area contributed by atoms with Gasteiger partial charge in [-0.3, -0.25) is 4.99 Å². The van der Waals surface area contributed by atoms with Crippen LogP contribution in [0, 0.1) is 0 Å². The molecule has 3 heteroatoms. The van der Waals surface area contributed by atoms with E-state index in [4.69, 9.17) is 4.99 Å². The first-order chi connectivity index (χ1) is 10.9. The van der Waals surface area contributed by atoms with Crippen molar-refractivity contribution in [2.75, 3.05) is 6.54 Å². The molecule has 0 radical (unpaired) electrons. The molecule has 0 saturated carbocycles. The first-order valence-electron chi connectivity index (χ1n) is 8.01. The number of aromatic nitrogens is 1. The van der Waals surface area contributed by atoms with Crippen molar-refractivity contribution in [3.63, 3.8) is 0 Å². The number of fused-ring (bicyclic) bond motifs is 1. The topological polar surface area (TPSA) is 17.3 Å². The molecule has 0 aliphatic carbocycles. The third-order valence-electron chi connectivity index (χ3n) is 3.89. The summed E-state index contributed by atoms with van der Waals surface area (Å²) in [5.41, 5.74) is 2.55. The Balaban J connectivity index is 0.00000192. The minimum Gasteiger partial charge on any atom is -0.343 e. The summed E-state index contributed by atoms with van der Waals surface area (Å²) in [6.45, 7) is 3.99. The van der Waals surface area contributed by atoms with Gasteiger partial charge in [0, 0.05) is 24.7 Å². The molecule has 0 amide bonds. The van der Waals surface area contributed by atoms with Crippen molar-refractivity contribution >= 4 is 23.3 Å². The third-order valence-corrected chi connectivity index (χ3v) is 3.89. The zero-order valence-corrected chi connectivity index (χ0v) is 14.3. The van der Waals surface area contributed by atoms with Gasteiger partial charge in [0.15, 0.2) is 0 Å². The molecule has 3 aromatic rings. The molecule has 2 aromatic carbocycles. The second-order valence-electron chi connectivity index (χ2n) is 5.57. The van der Waals surface area contributed by atoms with Gasteiger partial charge in [0.25, 0.3) is 0 Å². The van der Waals surface area contributed by atoms with Crippen LogP contribution in [-0.2, 0) is 6.54 Å². The first kappa shape index (κ1) is 17.3. The third kappa shape index (κ3) is 4.23. The molecule has 23 heavy (non-hydrogen) atoms. The Morgan fingerprint density at radius 2 is 1.65 bits per heavy atom. The summed E-state index contributed by atoms with van der Waals surface area (Å²) in [4.78, 5) is 4.76. The van der Waals surface area contributed by atoms with Crippen molar-refractivity contribution in [1.82, 2.24) is 4.57 Å². The molecule has 3 rings (SSSR count). The lowest BCUT2D eigenvalue weighted by Gasteiger charge is -2.11. The minimum atomic E-state index is 0. The van der Waals surface area contributed by atoms with Gasteiger partial charge in [-0.05, 0) is 24.1 Å². The van der Waals surface area contributed by atoms with E-state index in [9.17, 15) is 0 Å². The van der Waals surface area contributed by atoms with Crippen molar-refractivity contribution in [3.8, 4) is 0 Å². The quantitative estimate of drug-likeness (QED) is 0.599. The van der Waals surface area contributed by atoms with Gasteiger partial charge in [-0.1, -0.05) is 61.9 Å². The fraction of sp³-hybridized carbons (Fsp3) is 0.250. The lowest BCUT2D eigenvalue weighted by Crippen LogP contribution is -2.10. The molecular formula is C20H23ClN2. The highest BCUT2D eigenvalue weighted by atomic mass is 35.5. The van der Waals surface area contributed by atoms with Crippen LogP contribution in [0.3, 0.4) is 0 Å². The van der Waals surface area contributed by atoms with Crippen LogP contribution in [0.1, 0.15) is 25.3 Å². The molecule has 0 aliphatic rings. The number of pyridine rings is 1. The Hall–Kier alpha value is -2.06. The molecule has 0 saturated heterocycles. The molecular weight excluding hydrogens is 304 g/mol. The molecule has 1 aromatic heterocycles. The second-order valence-corrected chi connectivity index (χ2v) is 5.57. The van der Waals surface area contributed by atoms with E-state index in [1.54, 1.807) is 0 Å². The molecule has 0 unspecified atom stereocenters. The SMILES string of the molecule is CCCCN=c1ccn(Cc2ccccc2)c2ccccc12.Cl. The summed E-state index contributed by atoms with van der Waals surface area (Å²) in [5.74, 6) is 0. The average Bonchev–Trinajstić information content (AvgIpc) is 2.58. The summed E-state index contributed by atoms with van der Waals surface area (Å²) >= 11 is 0. The van der Waals surface area contributed by atoms with Gasteiger partial charge in [0.1, 0.15) is 0 Å². The van der Waals surface area contributed by atoms with E-state index in [-0.39, 0.29) is 12.4 Å². The number of nitrogens with zero attached hydrogens (tertiary/aromatic N) is 2. The van der Waals surface area contributed by atoms with Crippen LogP contribution in [0.4, 0.5) is 0 Å². The van der Waals surface area contributed by atoms with E-state index < -0.39 is 0 Å². The van der Waals surface area contributed by atoms with E-state index >= 15 is 0 Å². The van der Waals surface area contributed by atoms with Gasteiger partial charge in [0.2, 0.25) is 0 Å². The molecule has 0 atom stereocenters. The maximum atomic E-state index is 4.76. The Bertz CT molecular complexity index is 806. The van der Waals surface area contributed by atoms with Gasteiger partial charge >= 0.3 is 0 Å². The normalized spacial score (nSPS) is 11.4. The maximum Gasteiger partial charge on any atom is 0.0682 e. The number of halogens is 1. The predicted molar refractivity (Wildman–Crippen MR) is 100 cm³/mol. The predicted octanol–water partition coefficient (Wildman–Crippen LogP) is 4.81. The van der Waals surface area contributed by atoms with Gasteiger partial charge in [-0.2, -0.15) is 0 Å². The minimum absolute atomic E-state index is 0. The highest BCUT2D eigenvalue weighted by Gasteiger charge is 2.01. The summed E-state index contributed by atoms with van der Waals surface area (Å²) in [5, 5.41) is 2.34. The van der Waals surface area contributed by atoms with Crippen LogP contribution < -0.4 is 5.36 Å². The number of hydrogen-bond donors (Lipinski definition) is 0. The summed E-state index contributed by atoms with van der Waals surface area (Å²) in [6.07, 6.45) is 4.48.